The Morgan fingerprint density at radius 3 is 2.66 bits per heavy atom. The Bertz CT molecular complexity index is 978. The van der Waals surface area contributed by atoms with Crippen molar-refractivity contribution in [3.8, 4) is 0 Å². The molecule has 1 fully saturated rings. The van der Waals surface area contributed by atoms with Gasteiger partial charge in [0.15, 0.2) is 6.29 Å². The number of hydrogen-bond donors (Lipinski definition) is 3. The molecule has 3 atom stereocenters. The lowest BCUT2D eigenvalue weighted by Crippen LogP contribution is -2.64. The van der Waals surface area contributed by atoms with E-state index in [1.165, 1.54) is 11.9 Å². The fraction of sp³-hybridized carbons (Fsp3) is 0.440. The number of fused-ring (bicyclic) bond motifs is 1. The molecule has 2 aliphatic heterocycles. The summed E-state index contributed by atoms with van der Waals surface area (Å²) in [6, 6.07) is 16.8. The first-order chi connectivity index (χ1) is 15.4. The van der Waals surface area contributed by atoms with Gasteiger partial charge in [0.2, 0.25) is 0 Å². The average molecular weight is 434 g/mol. The zero-order chi connectivity index (χ0) is 22.7. The molecule has 0 saturated carbocycles. The highest BCUT2D eigenvalue weighted by Gasteiger charge is 2.40. The molecule has 0 aliphatic carbocycles. The molecule has 2 aromatic carbocycles. The number of benzene rings is 2. The van der Waals surface area contributed by atoms with Crippen LogP contribution in [-0.4, -0.2) is 60.5 Å². The van der Waals surface area contributed by atoms with Crippen LogP contribution in [0.15, 0.2) is 58.5 Å². The van der Waals surface area contributed by atoms with E-state index in [9.17, 15) is 0 Å². The quantitative estimate of drug-likeness (QED) is 0.493. The van der Waals surface area contributed by atoms with Gasteiger partial charge in [-0.1, -0.05) is 51.1 Å². The molecule has 7 nitrogen and oxygen atoms in total. The second-order valence-corrected chi connectivity index (χ2v) is 9.63. The van der Waals surface area contributed by atoms with Crippen molar-refractivity contribution in [3.05, 3.63) is 54.1 Å². The summed E-state index contributed by atoms with van der Waals surface area (Å²) in [4.78, 5) is 14.2. The van der Waals surface area contributed by atoms with Crippen molar-refractivity contribution in [2.45, 2.75) is 46.2 Å². The molecule has 2 aliphatic rings. The molecule has 2 heterocycles. The van der Waals surface area contributed by atoms with Crippen molar-refractivity contribution in [3.63, 3.8) is 0 Å². The molecular formula is C25H35N7. The van der Waals surface area contributed by atoms with E-state index in [-0.39, 0.29) is 23.9 Å². The van der Waals surface area contributed by atoms with Crippen molar-refractivity contribution in [1.29, 1.82) is 0 Å². The largest absolute Gasteiger partial charge is 0.390 e. The Labute approximate surface area is 191 Å². The summed E-state index contributed by atoms with van der Waals surface area (Å²) in [6.07, 6.45) is 3.30. The van der Waals surface area contributed by atoms with Gasteiger partial charge >= 0.3 is 0 Å². The van der Waals surface area contributed by atoms with E-state index >= 15 is 0 Å². The standard InChI is InChI=1S/C25H35N7/c1-18-9-5-6-10-19(18)30-24(28-17-26)32-14-13-31(16-22(32)25(2,3)4)23-15-27-20-11-7-8-12-21(20)29-23/h5-12,15,17,22-24,29-30H,13-14,16H2,1-4H3,(H2,26,28). The summed E-state index contributed by atoms with van der Waals surface area (Å²) in [6.45, 7) is 11.7. The number of nitrogens with two attached hydrogens (primary N) is 1. The first-order valence-electron chi connectivity index (χ1n) is 11.3. The van der Waals surface area contributed by atoms with Gasteiger partial charge in [-0.25, -0.2) is 4.99 Å². The highest BCUT2D eigenvalue weighted by Crippen LogP contribution is 2.33. The van der Waals surface area contributed by atoms with Crippen LogP contribution in [0, 0.1) is 12.3 Å². The van der Waals surface area contributed by atoms with Crippen LogP contribution in [0.3, 0.4) is 0 Å². The van der Waals surface area contributed by atoms with Crippen LogP contribution in [0.4, 0.5) is 17.1 Å². The van der Waals surface area contributed by atoms with Crippen LogP contribution >= 0.6 is 0 Å². The highest BCUT2D eigenvalue weighted by atomic mass is 15.4. The SMILES string of the molecule is Cc1ccccc1NC(N=CN)N1CCN(C2C=Nc3ccccc3N2)CC1C(C)(C)C. The van der Waals surface area contributed by atoms with Gasteiger partial charge in [0.05, 0.1) is 17.7 Å². The summed E-state index contributed by atoms with van der Waals surface area (Å²) in [5.41, 5.74) is 10.2. The summed E-state index contributed by atoms with van der Waals surface area (Å²) in [5.74, 6) is 0. The first kappa shape index (κ1) is 22.3. The van der Waals surface area contributed by atoms with Crippen LogP contribution in [-0.2, 0) is 0 Å². The lowest BCUT2D eigenvalue weighted by Gasteiger charge is -2.50. The van der Waals surface area contributed by atoms with Gasteiger partial charge in [-0.2, -0.15) is 0 Å². The molecule has 3 unspecified atom stereocenters. The molecule has 170 valence electrons. The molecule has 2 aromatic rings. The first-order valence-corrected chi connectivity index (χ1v) is 11.3. The molecule has 0 spiro atoms. The fourth-order valence-corrected chi connectivity index (χ4v) is 4.54. The maximum absolute atomic E-state index is 5.78. The van der Waals surface area contributed by atoms with E-state index in [1.807, 2.05) is 30.5 Å². The average Bonchev–Trinajstić information content (AvgIpc) is 2.79. The minimum atomic E-state index is -0.221. The van der Waals surface area contributed by atoms with Crippen molar-refractivity contribution in [2.24, 2.45) is 21.1 Å². The minimum absolute atomic E-state index is 0.0537. The van der Waals surface area contributed by atoms with Crippen LogP contribution < -0.4 is 16.4 Å². The number of nitrogens with zero attached hydrogens (tertiary/aromatic N) is 4. The highest BCUT2D eigenvalue weighted by molar-refractivity contribution is 5.82. The van der Waals surface area contributed by atoms with Crippen LogP contribution in [0.5, 0.6) is 0 Å². The number of piperazine rings is 1. The Morgan fingerprint density at radius 1 is 1.16 bits per heavy atom. The van der Waals surface area contributed by atoms with Crippen molar-refractivity contribution in [1.82, 2.24) is 9.80 Å². The molecular weight excluding hydrogens is 398 g/mol. The Morgan fingerprint density at radius 2 is 1.91 bits per heavy atom. The molecule has 32 heavy (non-hydrogen) atoms. The van der Waals surface area contributed by atoms with E-state index in [2.05, 4.69) is 77.4 Å². The van der Waals surface area contributed by atoms with Gasteiger partial charge in [-0.15, -0.1) is 0 Å². The molecule has 0 radical (unpaired) electrons. The molecule has 7 heteroatoms. The third-order valence-electron chi connectivity index (χ3n) is 6.38. The van der Waals surface area contributed by atoms with E-state index < -0.39 is 0 Å². The van der Waals surface area contributed by atoms with E-state index in [0.29, 0.717) is 0 Å². The lowest BCUT2D eigenvalue weighted by molar-refractivity contribution is -0.00608. The number of hydrogen-bond acceptors (Lipinski definition) is 6. The molecule has 0 bridgehead atoms. The van der Waals surface area contributed by atoms with Gasteiger partial charge in [0, 0.05) is 37.6 Å². The zero-order valence-electron chi connectivity index (χ0n) is 19.5. The molecule has 0 aromatic heterocycles. The third kappa shape index (κ3) is 4.79. The maximum Gasteiger partial charge on any atom is 0.178 e. The van der Waals surface area contributed by atoms with Crippen LogP contribution in [0.1, 0.15) is 26.3 Å². The van der Waals surface area contributed by atoms with Crippen LogP contribution in [0.2, 0.25) is 0 Å². The summed E-state index contributed by atoms with van der Waals surface area (Å²) in [7, 11) is 0. The second kappa shape index (κ2) is 9.30. The van der Waals surface area contributed by atoms with Gasteiger partial charge in [-0.3, -0.25) is 14.8 Å². The monoisotopic (exact) mass is 433 g/mol. The third-order valence-corrected chi connectivity index (χ3v) is 6.38. The minimum Gasteiger partial charge on any atom is -0.390 e. The summed E-state index contributed by atoms with van der Waals surface area (Å²) >= 11 is 0. The molecule has 0 amide bonds. The van der Waals surface area contributed by atoms with Gasteiger partial charge < -0.3 is 16.4 Å². The number of aliphatic imine (C=N–C) groups is 2. The molecule has 1 saturated heterocycles. The second-order valence-electron chi connectivity index (χ2n) is 9.63. The van der Waals surface area contributed by atoms with Gasteiger partial charge in [0.25, 0.3) is 0 Å². The molecule has 4 N–H and O–H groups in total. The number of aryl methyl sites for hydroxylation is 1. The smallest absolute Gasteiger partial charge is 0.178 e. The van der Waals surface area contributed by atoms with Crippen LogP contribution in [0.25, 0.3) is 0 Å². The number of rotatable bonds is 5. The Balaban J connectivity index is 1.54. The van der Waals surface area contributed by atoms with Crippen molar-refractivity contribution < 1.29 is 0 Å². The Hall–Kier alpha value is -2.90. The van der Waals surface area contributed by atoms with E-state index in [4.69, 9.17) is 10.7 Å². The zero-order valence-corrected chi connectivity index (χ0v) is 19.5. The fourth-order valence-electron chi connectivity index (χ4n) is 4.54. The Kier molecular flexibility index (Phi) is 6.48. The maximum atomic E-state index is 5.78. The lowest BCUT2D eigenvalue weighted by atomic mass is 9.84. The van der Waals surface area contributed by atoms with E-state index in [0.717, 1.165) is 36.7 Å². The number of nitrogens with one attached hydrogen (secondary N) is 2. The predicted molar refractivity (Wildman–Crippen MR) is 135 cm³/mol. The number of anilines is 2. The molecule has 4 rings (SSSR count). The predicted octanol–water partition coefficient (Wildman–Crippen LogP) is 3.86. The topological polar surface area (TPSA) is 81.3 Å². The normalized spacial score (nSPS) is 23.0. The van der Waals surface area contributed by atoms with Crippen molar-refractivity contribution >= 4 is 29.6 Å². The van der Waals surface area contributed by atoms with E-state index in [1.54, 1.807) is 0 Å². The number of para-hydroxylation sites is 3. The van der Waals surface area contributed by atoms with Gasteiger partial charge in [-0.05, 0) is 36.1 Å². The summed E-state index contributed by atoms with van der Waals surface area (Å²) < 4.78 is 0. The van der Waals surface area contributed by atoms with Gasteiger partial charge in [0.1, 0.15) is 6.17 Å². The summed E-state index contributed by atoms with van der Waals surface area (Å²) in [5, 5.41) is 7.26. The van der Waals surface area contributed by atoms with Crippen molar-refractivity contribution in [2.75, 3.05) is 30.3 Å².